The first-order valence-electron chi connectivity index (χ1n) is 10.1. The van der Waals surface area contributed by atoms with Gasteiger partial charge in [-0.25, -0.2) is 14.6 Å². The molecule has 1 aromatic carbocycles. The number of carbonyl (C=O) groups excluding carboxylic acids is 2. The first kappa shape index (κ1) is 25.8. The highest BCUT2D eigenvalue weighted by molar-refractivity contribution is 5.75. The van der Waals surface area contributed by atoms with Crippen molar-refractivity contribution in [1.82, 2.24) is 10.3 Å². The Bertz CT molecular complexity index is 917. The second kappa shape index (κ2) is 11.4. The SMILES string of the molecule is CC(C)OC(=O)NCC(C)OC(=O)C(C)Oc1ccc(Oc2ccc(C(F)(F)F)cn2)cc1. The minimum atomic E-state index is -4.48. The smallest absolute Gasteiger partial charge is 0.417 e. The molecule has 2 rings (SSSR count). The molecule has 0 aliphatic heterocycles. The summed E-state index contributed by atoms with van der Waals surface area (Å²) in [5.41, 5.74) is -0.875. The van der Waals surface area contributed by atoms with E-state index in [2.05, 4.69) is 10.3 Å². The number of hydrogen-bond acceptors (Lipinski definition) is 7. The lowest BCUT2D eigenvalue weighted by molar-refractivity contribution is -0.155. The second-order valence-corrected chi connectivity index (χ2v) is 7.30. The Hall–Kier alpha value is -3.50. The number of esters is 1. The van der Waals surface area contributed by atoms with E-state index in [-0.39, 0.29) is 18.5 Å². The van der Waals surface area contributed by atoms with Gasteiger partial charge in [-0.05, 0) is 58.0 Å². The highest BCUT2D eigenvalue weighted by Crippen LogP contribution is 2.30. The molecule has 180 valence electrons. The maximum atomic E-state index is 12.6. The molecule has 2 aromatic rings. The predicted molar refractivity (Wildman–Crippen MR) is 111 cm³/mol. The lowest BCUT2D eigenvalue weighted by Gasteiger charge is -2.18. The third kappa shape index (κ3) is 8.87. The van der Waals surface area contributed by atoms with Crippen molar-refractivity contribution in [2.24, 2.45) is 0 Å². The van der Waals surface area contributed by atoms with Crippen molar-refractivity contribution in [3.05, 3.63) is 48.2 Å². The molecule has 11 heteroatoms. The fourth-order valence-corrected chi connectivity index (χ4v) is 2.39. The zero-order valence-corrected chi connectivity index (χ0v) is 18.5. The second-order valence-electron chi connectivity index (χ2n) is 7.30. The summed E-state index contributed by atoms with van der Waals surface area (Å²) in [6.07, 6.45) is -6.20. The molecule has 8 nitrogen and oxygen atoms in total. The number of hydrogen-bond donors (Lipinski definition) is 1. The average Bonchev–Trinajstić information content (AvgIpc) is 2.73. The van der Waals surface area contributed by atoms with Gasteiger partial charge in [-0.2, -0.15) is 13.2 Å². The number of nitrogens with one attached hydrogen (secondary N) is 1. The Morgan fingerprint density at radius 1 is 0.970 bits per heavy atom. The normalized spacial score (nSPS) is 13.1. The molecule has 1 heterocycles. The Morgan fingerprint density at radius 3 is 2.15 bits per heavy atom. The molecule has 1 aromatic heterocycles. The molecule has 0 spiro atoms. The zero-order chi connectivity index (χ0) is 24.6. The summed E-state index contributed by atoms with van der Waals surface area (Å²) in [6.45, 7) is 6.63. The van der Waals surface area contributed by atoms with Gasteiger partial charge >= 0.3 is 18.2 Å². The molecule has 0 saturated heterocycles. The van der Waals surface area contributed by atoms with Crippen molar-refractivity contribution in [1.29, 1.82) is 0 Å². The van der Waals surface area contributed by atoms with Crippen molar-refractivity contribution in [2.75, 3.05) is 6.54 Å². The molecule has 0 radical (unpaired) electrons. The van der Waals surface area contributed by atoms with Gasteiger partial charge in [0.2, 0.25) is 5.88 Å². The van der Waals surface area contributed by atoms with Gasteiger partial charge in [-0.1, -0.05) is 0 Å². The minimum Gasteiger partial charge on any atom is -0.479 e. The molecule has 0 saturated carbocycles. The molecule has 1 amide bonds. The Balaban J connectivity index is 1.82. The summed E-state index contributed by atoms with van der Waals surface area (Å²) >= 11 is 0. The average molecular weight is 470 g/mol. The fourth-order valence-electron chi connectivity index (χ4n) is 2.39. The molecule has 2 atom stereocenters. The van der Waals surface area contributed by atoms with Crippen LogP contribution >= 0.6 is 0 Å². The van der Waals surface area contributed by atoms with Crippen LogP contribution in [0.25, 0.3) is 0 Å². The summed E-state index contributed by atoms with van der Waals surface area (Å²) in [5.74, 6) is 0.0283. The number of pyridine rings is 1. The quantitative estimate of drug-likeness (QED) is 0.530. The third-order valence-corrected chi connectivity index (χ3v) is 3.95. The van der Waals surface area contributed by atoms with E-state index in [1.807, 2.05) is 0 Å². The van der Waals surface area contributed by atoms with Crippen LogP contribution in [-0.2, 0) is 20.4 Å². The van der Waals surface area contributed by atoms with Crippen LogP contribution in [-0.4, -0.2) is 41.9 Å². The van der Waals surface area contributed by atoms with Crippen LogP contribution in [0.3, 0.4) is 0 Å². The summed E-state index contributed by atoms with van der Waals surface area (Å²) < 4.78 is 58.8. The standard InChI is InChI=1S/C22H25F3N2O6/c1-13(2)30-21(29)27-11-14(3)31-20(28)15(4)32-17-6-8-18(9-7-17)33-19-10-5-16(12-26-19)22(23,24)25/h5-10,12-15H,11H2,1-4H3,(H,27,29). The topological polar surface area (TPSA) is 96.0 Å². The third-order valence-electron chi connectivity index (χ3n) is 3.95. The molecular formula is C22H25F3N2O6. The van der Waals surface area contributed by atoms with Crippen LogP contribution in [0.4, 0.5) is 18.0 Å². The number of benzene rings is 1. The van der Waals surface area contributed by atoms with Crippen molar-refractivity contribution in [2.45, 2.75) is 52.2 Å². The monoisotopic (exact) mass is 470 g/mol. The van der Waals surface area contributed by atoms with Gasteiger partial charge in [-0.15, -0.1) is 0 Å². The van der Waals surface area contributed by atoms with Crippen LogP contribution in [0, 0.1) is 0 Å². The highest BCUT2D eigenvalue weighted by atomic mass is 19.4. The first-order valence-corrected chi connectivity index (χ1v) is 10.1. The molecule has 0 aliphatic carbocycles. The minimum absolute atomic E-state index is 0.00603. The van der Waals surface area contributed by atoms with Gasteiger partial charge in [0.05, 0.1) is 18.2 Å². The Labute approximate surface area is 189 Å². The number of alkyl halides is 3. The molecule has 33 heavy (non-hydrogen) atoms. The Kier molecular flexibility index (Phi) is 8.89. The maximum Gasteiger partial charge on any atom is 0.417 e. The number of ether oxygens (including phenoxy) is 4. The van der Waals surface area contributed by atoms with E-state index in [1.54, 1.807) is 20.8 Å². The van der Waals surface area contributed by atoms with Gasteiger partial charge in [0.1, 0.15) is 17.6 Å². The van der Waals surface area contributed by atoms with Crippen LogP contribution < -0.4 is 14.8 Å². The van der Waals surface area contributed by atoms with E-state index in [1.165, 1.54) is 31.2 Å². The number of aromatic nitrogens is 1. The van der Waals surface area contributed by atoms with E-state index in [0.29, 0.717) is 17.7 Å². The van der Waals surface area contributed by atoms with Crippen LogP contribution in [0.5, 0.6) is 17.4 Å². The van der Waals surface area contributed by atoms with E-state index in [4.69, 9.17) is 18.9 Å². The lowest BCUT2D eigenvalue weighted by Crippen LogP contribution is -2.37. The van der Waals surface area contributed by atoms with Gasteiger partial charge < -0.3 is 24.3 Å². The van der Waals surface area contributed by atoms with Crippen molar-refractivity contribution in [3.8, 4) is 17.4 Å². The van der Waals surface area contributed by atoms with Gasteiger partial charge in [0, 0.05) is 12.3 Å². The zero-order valence-electron chi connectivity index (χ0n) is 18.5. The largest absolute Gasteiger partial charge is 0.479 e. The number of halogens is 3. The number of amides is 1. The number of carbonyl (C=O) groups is 2. The number of rotatable bonds is 9. The predicted octanol–water partition coefficient (Wildman–Crippen LogP) is 4.73. The summed E-state index contributed by atoms with van der Waals surface area (Å²) in [6, 6.07) is 8.06. The van der Waals surface area contributed by atoms with Crippen LogP contribution in [0.15, 0.2) is 42.6 Å². The summed E-state index contributed by atoms with van der Waals surface area (Å²) in [5, 5.41) is 2.49. The van der Waals surface area contributed by atoms with Crippen molar-refractivity contribution in [3.63, 3.8) is 0 Å². The first-order chi connectivity index (χ1) is 15.4. The van der Waals surface area contributed by atoms with E-state index in [0.717, 1.165) is 12.1 Å². The summed E-state index contributed by atoms with van der Waals surface area (Å²) in [7, 11) is 0. The molecule has 1 N–H and O–H groups in total. The highest BCUT2D eigenvalue weighted by Gasteiger charge is 2.30. The van der Waals surface area contributed by atoms with Crippen LogP contribution in [0.1, 0.15) is 33.3 Å². The van der Waals surface area contributed by atoms with Crippen molar-refractivity contribution >= 4 is 12.1 Å². The maximum absolute atomic E-state index is 12.6. The molecule has 0 aliphatic rings. The number of alkyl carbamates (subject to hydrolysis) is 1. The number of nitrogens with zero attached hydrogens (tertiary/aromatic N) is 1. The molecular weight excluding hydrogens is 445 g/mol. The van der Waals surface area contributed by atoms with E-state index < -0.39 is 36.0 Å². The van der Waals surface area contributed by atoms with Gasteiger partial charge in [0.15, 0.2) is 6.10 Å². The van der Waals surface area contributed by atoms with Gasteiger partial charge in [0.25, 0.3) is 0 Å². The Morgan fingerprint density at radius 2 is 1.61 bits per heavy atom. The van der Waals surface area contributed by atoms with E-state index in [9.17, 15) is 22.8 Å². The summed E-state index contributed by atoms with van der Waals surface area (Å²) in [4.78, 5) is 27.3. The molecule has 0 fully saturated rings. The van der Waals surface area contributed by atoms with Crippen LogP contribution in [0.2, 0.25) is 0 Å². The molecule has 2 unspecified atom stereocenters. The van der Waals surface area contributed by atoms with E-state index >= 15 is 0 Å². The fraction of sp³-hybridized carbons (Fsp3) is 0.409. The lowest BCUT2D eigenvalue weighted by atomic mass is 10.3. The molecule has 0 bridgehead atoms. The van der Waals surface area contributed by atoms with Gasteiger partial charge in [-0.3, -0.25) is 0 Å². The van der Waals surface area contributed by atoms with Crippen molar-refractivity contribution < 1.29 is 41.7 Å².